The van der Waals surface area contributed by atoms with Crippen LogP contribution in [-0.2, 0) is 0 Å². The Hall–Kier alpha value is -1.20. The minimum atomic E-state index is -0.234. The molecule has 0 spiro atoms. The molecule has 1 fully saturated rings. The Labute approximate surface area is 105 Å². The normalized spacial score (nSPS) is 19.5. The van der Waals surface area contributed by atoms with E-state index in [0.717, 1.165) is 5.56 Å². The summed E-state index contributed by atoms with van der Waals surface area (Å²) in [6.07, 6.45) is 0.660. The highest BCUT2D eigenvalue weighted by Crippen LogP contribution is 2.25. The molecule has 0 bridgehead atoms. The molecule has 1 aromatic rings. The van der Waals surface area contributed by atoms with Gasteiger partial charge in [0.15, 0.2) is 5.11 Å². The van der Waals surface area contributed by atoms with Crippen molar-refractivity contribution in [2.24, 2.45) is 0 Å². The third kappa shape index (κ3) is 2.73. The van der Waals surface area contributed by atoms with E-state index in [1.54, 1.807) is 6.07 Å². The fraction of sp³-hybridized carbons (Fsp3) is 0.417. The van der Waals surface area contributed by atoms with Crippen molar-refractivity contribution >= 4 is 17.3 Å². The van der Waals surface area contributed by atoms with E-state index >= 15 is 0 Å². The van der Waals surface area contributed by atoms with E-state index in [0.29, 0.717) is 24.6 Å². The smallest absolute Gasteiger partial charge is 0.169 e. The van der Waals surface area contributed by atoms with E-state index in [9.17, 15) is 4.39 Å². The molecule has 5 heteroatoms. The van der Waals surface area contributed by atoms with Gasteiger partial charge in [-0.15, -0.1) is 0 Å². The molecule has 1 atom stereocenters. The second-order valence-electron chi connectivity index (χ2n) is 4.03. The van der Waals surface area contributed by atoms with E-state index in [1.165, 1.54) is 12.1 Å². The Kier molecular flexibility index (Phi) is 3.91. The number of hydrogen-bond acceptors (Lipinski definition) is 2. The molecule has 0 saturated carbocycles. The van der Waals surface area contributed by atoms with Gasteiger partial charge in [-0.1, -0.05) is 12.1 Å². The lowest BCUT2D eigenvalue weighted by atomic mass is 10.1. The number of nitrogens with one attached hydrogen (secondary N) is 1. The molecule has 0 aromatic heterocycles. The van der Waals surface area contributed by atoms with E-state index in [4.69, 9.17) is 17.3 Å². The number of nitrogens with zero attached hydrogens (tertiary/aromatic N) is 1. The molecule has 2 rings (SSSR count). The molecule has 0 amide bonds. The molecule has 3 nitrogen and oxygen atoms in total. The van der Waals surface area contributed by atoms with Gasteiger partial charge >= 0.3 is 0 Å². The number of aliphatic hydroxyl groups is 1. The number of hydrogen-bond donors (Lipinski definition) is 2. The lowest BCUT2D eigenvalue weighted by Gasteiger charge is -2.24. The van der Waals surface area contributed by atoms with Crippen molar-refractivity contribution in [3.63, 3.8) is 0 Å². The first-order chi connectivity index (χ1) is 8.22. The van der Waals surface area contributed by atoms with Crippen molar-refractivity contribution in [2.75, 3.05) is 19.7 Å². The fourth-order valence-corrected chi connectivity index (χ4v) is 2.35. The Morgan fingerprint density at radius 3 is 3.06 bits per heavy atom. The predicted molar refractivity (Wildman–Crippen MR) is 68.2 cm³/mol. The van der Waals surface area contributed by atoms with Crippen molar-refractivity contribution in [2.45, 2.75) is 12.5 Å². The van der Waals surface area contributed by atoms with Gasteiger partial charge in [0, 0.05) is 19.7 Å². The first-order valence-corrected chi connectivity index (χ1v) is 6.04. The minimum Gasteiger partial charge on any atom is -0.396 e. The molecule has 1 aliphatic rings. The first-order valence-electron chi connectivity index (χ1n) is 5.63. The SMILES string of the molecule is OCCCN1C(=S)NCC1c1cccc(F)c1. The Bertz CT molecular complexity index is 413. The standard InChI is InChI=1S/C12H15FN2OS/c13-10-4-1-3-9(7-10)11-8-14-12(17)15(11)5-2-6-16/h1,3-4,7,11,16H,2,5-6,8H2,(H,14,17). The Morgan fingerprint density at radius 1 is 1.53 bits per heavy atom. The van der Waals surface area contributed by atoms with Crippen LogP contribution in [-0.4, -0.2) is 34.8 Å². The van der Waals surface area contributed by atoms with Crippen molar-refractivity contribution in [3.8, 4) is 0 Å². The molecule has 1 saturated heterocycles. The molecule has 17 heavy (non-hydrogen) atoms. The van der Waals surface area contributed by atoms with Gasteiger partial charge in [0.1, 0.15) is 5.82 Å². The average molecular weight is 254 g/mol. The van der Waals surface area contributed by atoms with Gasteiger partial charge in [0.25, 0.3) is 0 Å². The van der Waals surface area contributed by atoms with E-state index in [-0.39, 0.29) is 18.5 Å². The fourth-order valence-electron chi connectivity index (χ4n) is 2.05. The van der Waals surface area contributed by atoms with Crippen molar-refractivity contribution in [1.82, 2.24) is 10.2 Å². The molecule has 1 heterocycles. The van der Waals surface area contributed by atoms with Gasteiger partial charge < -0.3 is 15.3 Å². The summed E-state index contributed by atoms with van der Waals surface area (Å²) in [7, 11) is 0. The summed E-state index contributed by atoms with van der Waals surface area (Å²) >= 11 is 5.20. The zero-order chi connectivity index (χ0) is 12.3. The van der Waals surface area contributed by atoms with E-state index in [2.05, 4.69) is 5.32 Å². The lowest BCUT2D eigenvalue weighted by molar-refractivity contribution is 0.257. The summed E-state index contributed by atoms with van der Waals surface area (Å²) in [6.45, 7) is 1.51. The summed E-state index contributed by atoms with van der Waals surface area (Å²) in [4.78, 5) is 2.00. The number of aliphatic hydroxyl groups excluding tert-OH is 1. The maximum absolute atomic E-state index is 13.2. The molecular weight excluding hydrogens is 239 g/mol. The van der Waals surface area contributed by atoms with Crippen molar-refractivity contribution in [1.29, 1.82) is 0 Å². The second kappa shape index (κ2) is 5.42. The highest BCUT2D eigenvalue weighted by molar-refractivity contribution is 7.80. The third-order valence-electron chi connectivity index (χ3n) is 2.87. The van der Waals surface area contributed by atoms with Crippen LogP contribution in [0.1, 0.15) is 18.0 Å². The second-order valence-corrected chi connectivity index (χ2v) is 4.41. The van der Waals surface area contributed by atoms with Crippen LogP contribution >= 0.6 is 12.2 Å². The monoisotopic (exact) mass is 254 g/mol. The van der Waals surface area contributed by atoms with Crippen LogP contribution in [0.3, 0.4) is 0 Å². The third-order valence-corrected chi connectivity index (χ3v) is 3.25. The highest BCUT2D eigenvalue weighted by Gasteiger charge is 2.28. The maximum atomic E-state index is 13.2. The average Bonchev–Trinajstić information content (AvgIpc) is 2.68. The quantitative estimate of drug-likeness (QED) is 0.797. The van der Waals surface area contributed by atoms with E-state index in [1.807, 2.05) is 11.0 Å². The zero-order valence-corrected chi connectivity index (χ0v) is 10.2. The molecule has 0 radical (unpaired) electrons. The topological polar surface area (TPSA) is 35.5 Å². The Morgan fingerprint density at radius 2 is 2.35 bits per heavy atom. The van der Waals surface area contributed by atoms with Crippen LogP contribution in [0.15, 0.2) is 24.3 Å². The van der Waals surface area contributed by atoms with Gasteiger partial charge in [-0.05, 0) is 36.3 Å². The number of thiocarbonyl (C=S) groups is 1. The maximum Gasteiger partial charge on any atom is 0.169 e. The van der Waals surface area contributed by atoms with Gasteiger partial charge in [-0.25, -0.2) is 4.39 Å². The number of halogens is 1. The molecule has 1 unspecified atom stereocenters. The van der Waals surface area contributed by atoms with Crippen LogP contribution in [0.4, 0.5) is 4.39 Å². The predicted octanol–water partition coefficient (Wildman–Crippen LogP) is 1.44. The number of benzene rings is 1. The van der Waals surface area contributed by atoms with Gasteiger partial charge in [0.05, 0.1) is 6.04 Å². The van der Waals surface area contributed by atoms with Crippen LogP contribution < -0.4 is 5.32 Å². The number of rotatable bonds is 4. The summed E-state index contributed by atoms with van der Waals surface area (Å²) in [6, 6.07) is 6.63. The Balaban J connectivity index is 2.16. The van der Waals surface area contributed by atoms with Crippen LogP contribution in [0.25, 0.3) is 0 Å². The first kappa shape index (κ1) is 12.3. The molecule has 1 aromatic carbocycles. The van der Waals surface area contributed by atoms with Gasteiger partial charge in [-0.3, -0.25) is 0 Å². The molecule has 2 N–H and O–H groups in total. The van der Waals surface area contributed by atoms with Crippen molar-refractivity contribution in [3.05, 3.63) is 35.6 Å². The summed E-state index contributed by atoms with van der Waals surface area (Å²) in [5.74, 6) is -0.234. The largest absolute Gasteiger partial charge is 0.396 e. The summed E-state index contributed by atoms with van der Waals surface area (Å²) in [5.41, 5.74) is 0.912. The van der Waals surface area contributed by atoms with Gasteiger partial charge in [-0.2, -0.15) is 0 Å². The minimum absolute atomic E-state index is 0.0600. The highest BCUT2D eigenvalue weighted by atomic mass is 32.1. The molecule has 92 valence electrons. The summed E-state index contributed by atoms with van der Waals surface area (Å²) < 4.78 is 13.2. The molecular formula is C12H15FN2OS. The lowest BCUT2D eigenvalue weighted by Crippen LogP contribution is -2.31. The van der Waals surface area contributed by atoms with Gasteiger partial charge in [0.2, 0.25) is 0 Å². The molecule has 0 aliphatic carbocycles. The van der Waals surface area contributed by atoms with Crippen LogP contribution in [0.2, 0.25) is 0 Å². The van der Waals surface area contributed by atoms with Crippen LogP contribution in [0.5, 0.6) is 0 Å². The van der Waals surface area contributed by atoms with Crippen LogP contribution in [0, 0.1) is 5.82 Å². The zero-order valence-electron chi connectivity index (χ0n) is 9.40. The molecule has 1 aliphatic heterocycles. The van der Waals surface area contributed by atoms with Crippen molar-refractivity contribution < 1.29 is 9.50 Å². The van der Waals surface area contributed by atoms with E-state index < -0.39 is 0 Å². The summed E-state index contributed by atoms with van der Waals surface area (Å²) in [5, 5.41) is 12.6.